The molecule has 3 aliphatic rings. The maximum absolute atomic E-state index is 12.8. The Morgan fingerprint density at radius 2 is 1.77 bits per heavy atom. The fourth-order valence-electron chi connectivity index (χ4n) is 4.89. The van der Waals surface area contributed by atoms with E-state index in [2.05, 4.69) is 34.4 Å². The Morgan fingerprint density at radius 3 is 2.59 bits per heavy atom. The molecule has 3 aromatic rings. The van der Waals surface area contributed by atoms with E-state index >= 15 is 0 Å². The van der Waals surface area contributed by atoms with E-state index in [0.29, 0.717) is 22.6 Å². The highest BCUT2D eigenvalue weighted by Crippen LogP contribution is 2.30. The third-order valence-corrected chi connectivity index (χ3v) is 7.88. The van der Waals surface area contributed by atoms with Crippen LogP contribution in [0.3, 0.4) is 0 Å². The van der Waals surface area contributed by atoms with Gasteiger partial charge in [-0.1, -0.05) is 54.6 Å². The lowest BCUT2D eigenvalue weighted by Gasteiger charge is -2.26. The number of fused-ring (bicyclic) bond motifs is 2. The first kappa shape index (κ1) is 25.1. The van der Waals surface area contributed by atoms with Gasteiger partial charge in [0.1, 0.15) is 17.4 Å². The number of amides is 2. The first-order chi connectivity index (χ1) is 19.0. The van der Waals surface area contributed by atoms with E-state index in [1.165, 1.54) is 22.2 Å². The molecule has 9 heteroatoms. The van der Waals surface area contributed by atoms with Gasteiger partial charge in [-0.25, -0.2) is 0 Å². The molecule has 6 rings (SSSR count). The second-order valence-corrected chi connectivity index (χ2v) is 10.7. The molecule has 0 spiro atoms. The molecule has 0 aliphatic carbocycles. The summed E-state index contributed by atoms with van der Waals surface area (Å²) in [6.45, 7) is 1.99. The average molecular weight is 538 g/mol. The van der Waals surface area contributed by atoms with Crippen LogP contribution in [-0.4, -0.2) is 50.9 Å². The van der Waals surface area contributed by atoms with Gasteiger partial charge >= 0.3 is 0 Å². The van der Waals surface area contributed by atoms with Gasteiger partial charge in [0, 0.05) is 13.1 Å². The van der Waals surface area contributed by atoms with Gasteiger partial charge in [0.15, 0.2) is 5.84 Å². The number of hydrogen-bond acceptors (Lipinski definition) is 6. The summed E-state index contributed by atoms with van der Waals surface area (Å²) < 4.78 is 6.02. The lowest BCUT2D eigenvalue weighted by molar-refractivity contribution is -0.130. The van der Waals surface area contributed by atoms with Gasteiger partial charge in [-0.15, -0.1) is 0 Å². The summed E-state index contributed by atoms with van der Waals surface area (Å²) in [6.07, 6.45) is 4.99. The standard InChI is InChI=1S/C30H27N5O3S/c31-28-25(29(37)32-30-35(28)33-26(39-30)18-27(36)34-15-4-1-5-16-34)17-20-11-13-23(14-12-20)38-19-22-9-6-8-21-7-2-3-10-24(21)22/h2-3,6-14,17,31H,1,4-5,15-16,18-19H2. The Labute approximate surface area is 230 Å². The normalized spacial score (nSPS) is 18.3. The molecule has 0 radical (unpaired) electrons. The molecule has 0 aromatic heterocycles. The van der Waals surface area contributed by atoms with Crippen molar-refractivity contribution in [3.8, 4) is 5.75 Å². The summed E-state index contributed by atoms with van der Waals surface area (Å²) in [4.78, 5) is 31.4. The maximum atomic E-state index is 12.8. The molecule has 0 saturated carbocycles. The second-order valence-electron chi connectivity index (χ2n) is 9.63. The van der Waals surface area contributed by atoms with E-state index in [1.54, 1.807) is 6.08 Å². The summed E-state index contributed by atoms with van der Waals surface area (Å²) in [5, 5.41) is 17.6. The molecule has 2 amide bonds. The number of carbonyl (C=O) groups excluding carboxylic acids is 2. The van der Waals surface area contributed by atoms with Crippen LogP contribution in [0.5, 0.6) is 5.75 Å². The summed E-state index contributed by atoms with van der Waals surface area (Å²) in [7, 11) is 0. The van der Waals surface area contributed by atoms with Crippen molar-refractivity contribution in [2.45, 2.75) is 32.3 Å². The van der Waals surface area contributed by atoms with Gasteiger partial charge in [0.2, 0.25) is 11.1 Å². The number of aliphatic imine (C=N–C) groups is 1. The third-order valence-electron chi connectivity index (χ3n) is 6.97. The SMILES string of the molecule is N=C1C(=Cc2ccc(OCc3cccc4ccccc34)cc2)C(=O)N=C2SC(CC(=O)N3CCCCC3)=NN12. The molecular formula is C30H27N5O3S. The van der Waals surface area contributed by atoms with E-state index in [0.717, 1.165) is 48.9 Å². The van der Waals surface area contributed by atoms with Gasteiger partial charge in [0.05, 0.1) is 12.0 Å². The van der Waals surface area contributed by atoms with Crippen LogP contribution in [0.2, 0.25) is 0 Å². The Kier molecular flexibility index (Phi) is 6.98. The Balaban J connectivity index is 1.12. The summed E-state index contributed by atoms with van der Waals surface area (Å²) >= 11 is 1.18. The van der Waals surface area contributed by atoms with Gasteiger partial charge in [-0.2, -0.15) is 15.1 Å². The number of thioether (sulfide) groups is 1. The van der Waals surface area contributed by atoms with Crippen LogP contribution in [0.25, 0.3) is 16.8 Å². The molecule has 39 heavy (non-hydrogen) atoms. The van der Waals surface area contributed by atoms with Crippen LogP contribution in [-0.2, 0) is 16.2 Å². The molecule has 3 heterocycles. The van der Waals surface area contributed by atoms with Crippen molar-refractivity contribution in [1.29, 1.82) is 5.41 Å². The van der Waals surface area contributed by atoms with Gasteiger partial charge in [-0.3, -0.25) is 15.0 Å². The summed E-state index contributed by atoms with van der Waals surface area (Å²) in [5.41, 5.74) is 2.00. The monoisotopic (exact) mass is 537 g/mol. The molecule has 0 bridgehead atoms. The Bertz CT molecular complexity index is 1550. The van der Waals surface area contributed by atoms with Gasteiger partial charge in [0.25, 0.3) is 5.91 Å². The van der Waals surface area contributed by atoms with Gasteiger partial charge < -0.3 is 9.64 Å². The van der Waals surface area contributed by atoms with E-state index in [9.17, 15) is 9.59 Å². The van der Waals surface area contributed by atoms with Crippen LogP contribution in [0, 0.1) is 5.41 Å². The van der Waals surface area contributed by atoms with Crippen LogP contribution in [0.15, 0.2) is 82.4 Å². The number of benzene rings is 3. The topological polar surface area (TPSA) is 98.4 Å². The van der Waals surface area contributed by atoms with Crippen molar-refractivity contribution in [2.24, 2.45) is 10.1 Å². The number of hydrazone groups is 1. The molecule has 8 nitrogen and oxygen atoms in total. The minimum Gasteiger partial charge on any atom is -0.489 e. The fraction of sp³-hybridized carbons (Fsp3) is 0.233. The first-order valence-corrected chi connectivity index (χ1v) is 13.8. The van der Waals surface area contributed by atoms with E-state index in [1.807, 2.05) is 47.4 Å². The number of carbonyl (C=O) groups is 2. The zero-order valence-electron chi connectivity index (χ0n) is 21.3. The third kappa shape index (κ3) is 5.35. The lowest BCUT2D eigenvalue weighted by Crippen LogP contribution is -2.36. The first-order valence-electron chi connectivity index (χ1n) is 13.0. The van der Waals surface area contributed by atoms with Crippen molar-refractivity contribution in [2.75, 3.05) is 13.1 Å². The summed E-state index contributed by atoms with van der Waals surface area (Å²) in [5.74, 6) is 0.194. The number of likely N-dealkylation sites (tertiary alicyclic amines) is 1. The predicted octanol–water partition coefficient (Wildman–Crippen LogP) is 5.44. The van der Waals surface area contributed by atoms with Gasteiger partial charge in [-0.05, 0) is 71.1 Å². The largest absolute Gasteiger partial charge is 0.489 e. The molecule has 196 valence electrons. The number of rotatable bonds is 6. The van der Waals surface area contributed by atoms with Crippen LogP contribution < -0.4 is 4.74 Å². The van der Waals surface area contributed by atoms with E-state index < -0.39 is 5.91 Å². The predicted molar refractivity (Wildman–Crippen MR) is 155 cm³/mol. The molecule has 1 saturated heterocycles. The maximum Gasteiger partial charge on any atom is 0.283 e. The molecule has 3 aromatic carbocycles. The lowest BCUT2D eigenvalue weighted by atomic mass is 10.1. The zero-order chi connectivity index (χ0) is 26.8. The molecule has 0 unspecified atom stereocenters. The average Bonchev–Trinajstić information content (AvgIpc) is 3.37. The fourth-order valence-corrected chi connectivity index (χ4v) is 5.77. The number of nitrogens with zero attached hydrogens (tertiary/aromatic N) is 4. The highest BCUT2D eigenvalue weighted by Gasteiger charge is 2.36. The van der Waals surface area contributed by atoms with Crippen molar-refractivity contribution in [1.82, 2.24) is 9.91 Å². The number of ether oxygens (including phenoxy) is 1. The smallest absolute Gasteiger partial charge is 0.283 e. The zero-order valence-corrected chi connectivity index (χ0v) is 22.1. The van der Waals surface area contributed by atoms with Crippen LogP contribution in [0.4, 0.5) is 0 Å². The molecular weight excluding hydrogens is 510 g/mol. The van der Waals surface area contributed by atoms with Crippen LogP contribution in [0.1, 0.15) is 36.8 Å². The minimum atomic E-state index is -0.492. The van der Waals surface area contributed by atoms with E-state index in [-0.39, 0.29) is 23.7 Å². The highest BCUT2D eigenvalue weighted by molar-refractivity contribution is 8.27. The molecule has 1 N–H and O–H groups in total. The number of nitrogens with one attached hydrogen (secondary N) is 1. The van der Waals surface area contributed by atoms with Crippen LogP contribution >= 0.6 is 11.8 Å². The van der Waals surface area contributed by atoms with Crippen molar-refractivity contribution in [3.05, 3.63) is 83.4 Å². The highest BCUT2D eigenvalue weighted by atomic mass is 32.2. The molecule has 3 aliphatic heterocycles. The number of hydrogen-bond donors (Lipinski definition) is 1. The Morgan fingerprint density at radius 1 is 1.00 bits per heavy atom. The Hall–Kier alpha value is -4.24. The molecule has 0 atom stereocenters. The quantitative estimate of drug-likeness (QED) is 0.422. The number of amidine groups is 2. The van der Waals surface area contributed by atoms with E-state index in [4.69, 9.17) is 10.1 Å². The minimum absolute atomic E-state index is 0.0257. The number of piperidine rings is 1. The van der Waals surface area contributed by atoms with Crippen molar-refractivity contribution >= 4 is 56.5 Å². The van der Waals surface area contributed by atoms with Crippen molar-refractivity contribution in [3.63, 3.8) is 0 Å². The summed E-state index contributed by atoms with van der Waals surface area (Å²) in [6, 6.07) is 21.8. The second kappa shape index (κ2) is 10.9. The van der Waals surface area contributed by atoms with Crippen molar-refractivity contribution < 1.29 is 14.3 Å². The molecule has 1 fully saturated rings.